The lowest BCUT2D eigenvalue weighted by Crippen LogP contribution is -2.40. The fourth-order valence-electron chi connectivity index (χ4n) is 2.00. The lowest BCUT2D eigenvalue weighted by molar-refractivity contribution is 0.0244. The maximum atomic E-state index is 12.0. The van der Waals surface area contributed by atoms with Gasteiger partial charge in [0.2, 0.25) is 0 Å². The molecule has 1 aliphatic heterocycles. The second-order valence-corrected chi connectivity index (χ2v) is 5.54. The van der Waals surface area contributed by atoms with E-state index in [1.807, 2.05) is 26.8 Å². The van der Waals surface area contributed by atoms with Crippen molar-refractivity contribution in [2.24, 2.45) is 5.92 Å². The highest BCUT2D eigenvalue weighted by Crippen LogP contribution is 2.26. The van der Waals surface area contributed by atoms with Gasteiger partial charge in [0.05, 0.1) is 12.6 Å². The Balaban J connectivity index is 2.68. The van der Waals surface area contributed by atoms with Crippen LogP contribution < -0.4 is 0 Å². The molecule has 1 aliphatic rings. The lowest BCUT2D eigenvalue weighted by Gasteiger charge is -2.28. The molecule has 0 spiro atoms. The number of carbonyl (C=O) groups excluding carboxylic acids is 1. The third kappa shape index (κ3) is 4.04. The van der Waals surface area contributed by atoms with Gasteiger partial charge in [0.1, 0.15) is 5.60 Å². The molecule has 98 valence electrons. The number of carbonyl (C=O) groups is 1. The Morgan fingerprint density at radius 2 is 2.18 bits per heavy atom. The van der Waals surface area contributed by atoms with Crippen molar-refractivity contribution in [1.29, 1.82) is 0 Å². The topological polar surface area (TPSA) is 49.8 Å². The van der Waals surface area contributed by atoms with E-state index in [1.54, 1.807) is 11.0 Å². The number of hydrogen-bond donors (Lipinski definition) is 1. The highest BCUT2D eigenvalue weighted by Gasteiger charge is 2.35. The van der Waals surface area contributed by atoms with Crippen LogP contribution in [0.25, 0.3) is 0 Å². The lowest BCUT2D eigenvalue weighted by atomic mass is 10.0. The Morgan fingerprint density at radius 3 is 2.71 bits per heavy atom. The first-order valence-electron chi connectivity index (χ1n) is 6.12. The summed E-state index contributed by atoms with van der Waals surface area (Å²) in [4.78, 5) is 13.7. The first-order chi connectivity index (χ1) is 7.85. The van der Waals surface area contributed by atoms with Gasteiger partial charge < -0.3 is 14.7 Å². The molecule has 0 saturated carbocycles. The van der Waals surface area contributed by atoms with Crippen LogP contribution in [0.2, 0.25) is 0 Å². The van der Waals surface area contributed by atoms with Crippen molar-refractivity contribution in [3.8, 4) is 0 Å². The molecule has 0 aliphatic carbocycles. The van der Waals surface area contributed by atoms with Crippen LogP contribution in [0.1, 0.15) is 34.1 Å². The third-order valence-corrected chi connectivity index (χ3v) is 2.83. The first-order valence-corrected chi connectivity index (χ1v) is 6.12. The number of aliphatic hydroxyl groups is 1. The average Bonchev–Trinajstić information content (AvgIpc) is 2.54. The van der Waals surface area contributed by atoms with Gasteiger partial charge in [-0.25, -0.2) is 4.79 Å². The van der Waals surface area contributed by atoms with Crippen LogP contribution >= 0.6 is 0 Å². The van der Waals surface area contributed by atoms with E-state index in [9.17, 15) is 4.79 Å². The van der Waals surface area contributed by atoms with Crippen LogP contribution in [-0.4, -0.2) is 40.9 Å². The molecule has 17 heavy (non-hydrogen) atoms. The normalized spacial score (nSPS) is 25.6. The molecular formula is C13H23NO3. The molecule has 2 atom stereocenters. The van der Waals surface area contributed by atoms with Gasteiger partial charge in [0.25, 0.3) is 0 Å². The summed E-state index contributed by atoms with van der Waals surface area (Å²) in [7, 11) is 0. The molecule has 1 rings (SSSR count). The molecule has 0 aromatic heterocycles. The van der Waals surface area contributed by atoms with E-state index in [-0.39, 0.29) is 18.7 Å². The van der Waals surface area contributed by atoms with Crippen LogP contribution in [0.15, 0.2) is 12.2 Å². The predicted octanol–water partition coefficient (Wildman–Crippen LogP) is 2.18. The van der Waals surface area contributed by atoms with E-state index >= 15 is 0 Å². The quantitative estimate of drug-likeness (QED) is 0.754. The molecule has 1 N–H and O–H groups in total. The number of aliphatic hydroxyl groups excluding tert-OH is 1. The second-order valence-electron chi connectivity index (χ2n) is 5.54. The van der Waals surface area contributed by atoms with Crippen molar-refractivity contribution in [3.05, 3.63) is 12.2 Å². The predicted molar refractivity (Wildman–Crippen MR) is 66.7 cm³/mol. The third-order valence-electron chi connectivity index (χ3n) is 2.83. The maximum Gasteiger partial charge on any atom is 0.410 e. The summed E-state index contributed by atoms with van der Waals surface area (Å²) < 4.78 is 5.37. The Kier molecular flexibility index (Phi) is 4.57. The van der Waals surface area contributed by atoms with E-state index in [2.05, 4.69) is 6.92 Å². The fourth-order valence-corrected chi connectivity index (χ4v) is 2.00. The van der Waals surface area contributed by atoms with E-state index in [1.165, 1.54) is 0 Å². The van der Waals surface area contributed by atoms with Crippen molar-refractivity contribution in [2.75, 3.05) is 13.2 Å². The zero-order valence-electron chi connectivity index (χ0n) is 11.1. The zero-order chi connectivity index (χ0) is 13.1. The van der Waals surface area contributed by atoms with Gasteiger partial charge in [-0.05, 0) is 33.1 Å². The molecule has 1 saturated heterocycles. The average molecular weight is 241 g/mol. The number of hydrogen-bond acceptors (Lipinski definition) is 3. The van der Waals surface area contributed by atoms with Crippen LogP contribution in [-0.2, 0) is 4.74 Å². The second kappa shape index (κ2) is 5.54. The zero-order valence-corrected chi connectivity index (χ0v) is 11.1. The summed E-state index contributed by atoms with van der Waals surface area (Å²) in [6.45, 7) is 8.42. The minimum absolute atomic E-state index is 0.00534. The number of nitrogens with zero attached hydrogens (tertiary/aromatic N) is 1. The molecule has 0 aromatic rings. The molecular weight excluding hydrogens is 218 g/mol. The van der Waals surface area contributed by atoms with Gasteiger partial charge >= 0.3 is 6.09 Å². The molecule has 0 unspecified atom stereocenters. The van der Waals surface area contributed by atoms with Gasteiger partial charge in [-0.15, -0.1) is 0 Å². The molecule has 0 bridgehead atoms. The van der Waals surface area contributed by atoms with E-state index < -0.39 is 5.60 Å². The van der Waals surface area contributed by atoms with Crippen molar-refractivity contribution >= 4 is 6.09 Å². The van der Waals surface area contributed by atoms with Gasteiger partial charge in [-0.3, -0.25) is 0 Å². The number of likely N-dealkylation sites (tertiary alicyclic amines) is 1. The van der Waals surface area contributed by atoms with Crippen molar-refractivity contribution < 1.29 is 14.6 Å². The summed E-state index contributed by atoms with van der Waals surface area (Å²) in [6, 6.07) is 0.0389. The standard InChI is InChI=1S/C13H23NO3/c1-10-7-8-14(11(10)6-5-9-15)12(16)17-13(2,3)4/h5-6,10-11,15H,7-9H2,1-4H3/b6-5+/t10-,11+/m0/s1. The molecule has 0 aromatic carbocycles. The van der Waals surface area contributed by atoms with Gasteiger partial charge in [0.15, 0.2) is 0 Å². The minimum Gasteiger partial charge on any atom is -0.444 e. The van der Waals surface area contributed by atoms with Crippen molar-refractivity contribution in [1.82, 2.24) is 4.90 Å². The summed E-state index contributed by atoms with van der Waals surface area (Å²) >= 11 is 0. The smallest absolute Gasteiger partial charge is 0.410 e. The van der Waals surface area contributed by atoms with Crippen LogP contribution in [0.4, 0.5) is 4.79 Å². The van der Waals surface area contributed by atoms with Crippen LogP contribution in [0.5, 0.6) is 0 Å². The highest BCUT2D eigenvalue weighted by atomic mass is 16.6. The summed E-state index contributed by atoms with van der Waals surface area (Å²) in [6.07, 6.45) is 4.28. The minimum atomic E-state index is -0.464. The van der Waals surface area contributed by atoms with Gasteiger partial charge in [-0.1, -0.05) is 19.1 Å². The number of rotatable bonds is 2. The Labute approximate surface area is 103 Å². The number of ether oxygens (including phenoxy) is 1. The largest absolute Gasteiger partial charge is 0.444 e. The SMILES string of the molecule is C[C@H]1CCN(C(=O)OC(C)(C)C)[C@@H]1/C=C/CO. The summed E-state index contributed by atoms with van der Waals surface area (Å²) in [5.74, 6) is 0.408. The van der Waals surface area contributed by atoms with Crippen LogP contribution in [0, 0.1) is 5.92 Å². The van der Waals surface area contributed by atoms with E-state index in [0.717, 1.165) is 13.0 Å². The summed E-state index contributed by atoms with van der Waals surface area (Å²) in [5, 5.41) is 8.80. The molecule has 4 heteroatoms. The monoisotopic (exact) mass is 241 g/mol. The summed E-state index contributed by atoms with van der Waals surface area (Å²) in [5.41, 5.74) is -0.464. The fraction of sp³-hybridized carbons (Fsp3) is 0.769. The van der Waals surface area contributed by atoms with Gasteiger partial charge in [0, 0.05) is 6.54 Å². The molecule has 1 heterocycles. The van der Waals surface area contributed by atoms with Crippen molar-refractivity contribution in [2.45, 2.75) is 45.8 Å². The molecule has 4 nitrogen and oxygen atoms in total. The highest BCUT2D eigenvalue weighted by molar-refractivity contribution is 5.69. The maximum absolute atomic E-state index is 12.0. The first kappa shape index (κ1) is 14.0. The van der Waals surface area contributed by atoms with Crippen LogP contribution in [0.3, 0.4) is 0 Å². The Hall–Kier alpha value is -1.03. The molecule has 1 fully saturated rings. The van der Waals surface area contributed by atoms with E-state index in [4.69, 9.17) is 9.84 Å². The Morgan fingerprint density at radius 1 is 1.53 bits per heavy atom. The van der Waals surface area contributed by atoms with E-state index in [0.29, 0.717) is 5.92 Å². The van der Waals surface area contributed by atoms with Crippen molar-refractivity contribution in [3.63, 3.8) is 0 Å². The van der Waals surface area contributed by atoms with Gasteiger partial charge in [-0.2, -0.15) is 0 Å². The molecule has 0 radical (unpaired) electrons. The Bertz CT molecular complexity index is 294. The molecule has 1 amide bonds. The number of amides is 1.